The second kappa shape index (κ2) is 5.91. The molecule has 1 aromatic heterocycles. The number of nitrogens with one attached hydrogen (secondary N) is 1. The number of hydrogen-bond acceptors (Lipinski definition) is 5. The van der Waals surface area contributed by atoms with Crippen LogP contribution in [0.15, 0.2) is 24.3 Å². The lowest BCUT2D eigenvalue weighted by atomic mass is 10.1. The summed E-state index contributed by atoms with van der Waals surface area (Å²) in [7, 11) is 0. The van der Waals surface area contributed by atoms with Crippen LogP contribution in [0.3, 0.4) is 0 Å². The molecule has 0 bridgehead atoms. The highest BCUT2D eigenvalue weighted by molar-refractivity contribution is 7.12. The Morgan fingerprint density at radius 2 is 2.10 bits per heavy atom. The Labute approximate surface area is 128 Å². The molecule has 0 unspecified atom stereocenters. The number of thiazole rings is 1. The lowest BCUT2D eigenvalue weighted by Gasteiger charge is -2.19. The van der Waals surface area contributed by atoms with E-state index in [0.717, 1.165) is 21.1 Å². The van der Waals surface area contributed by atoms with E-state index in [1.165, 1.54) is 6.07 Å². The maximum absolute atomic E-state index is 10.9. The molecule has 0 amide bonds. The van der Waals surface area contributed by atoms with Gasteiger partial charge in [0.05, 0.1) is 10.6 Å². The van der Waals surface area contributed by atoms with Crippen molar-refractivity contribution >= 4 is 17.0 Å². The molecule has 6 heteroatoms. The molecule has 0 aliphatic heterocycles. The van der Waals surface area contributed by atoms with Crippen LogP contribution in [0.1, 0.15) is 30.7 Å². The fourth-order valence-corrected chi connectivity index (χ4v) is 2.80. The van der Waals surface area contributed by atoms with E-state index in [0.29, 0.717) is 6.54 Å². The maximum Gasteiger partial charge on any atom is 0.270 e. The number of non-ortho nitro benzene ring substituents is 1. The van der Waals surface area contributed by atoms with Crippen LogP contribution in [0.5, 0.6) is 0 Å². The standard InChI is InChI=1S/C15H19N3O2S/c1-10-14(11-6-5-7-12(8-11)18(19)20)17-13(21-10)9-16-15(2,3)4/h5-8,16H,9H2,1-4H3. The summed E-state index contributed by atoms with van der Waals surface area (Å²) < 4.78 is 0. The zero-order valence-corrected chi connectivity index (χ0v) is 13.5. The number of rotatable bonds is 4. The summed E-state index contributed by atoms with van der Waals surface area (Å²) in [6.45, 7) is 9.01. The topological polar surface area (TPSA) is 68.1 Å². The molecule has 0 fully saturated rings. The minimum Gasteiger partial charge on any atom is -0.306 e. The van der Waals surface area contributed by atoms with Crippen LogP contribution < -0.4 is 5.32 Å². The molecule has 0 aliphatic carbocycles. The third-order valence-electron chi connectivity index (χ3n) is 2.94. The number of hydrogen-bond donors (Lipinski definition) is 1. The summed E-state index contributed by atoms with van der Waals surface area (Å²) in [5.74, 6) is 0. The Balaban J connectivity index is 2.27. The van der Waals surface area contributed by atoms with E-state index in [4.69, 9.17) is 0 Å². The highest BCUT2D eigenvalue weighted by Crippen LogP contribution is 2.29. The first kappa shape index (κ1) is 15.6. The zero-order valence-electron chi connectivity index (χ0n) is 12.6. The van der Waals surface area contributed by atoms with Crippen molar-refractivity contribution in [3.05, 3.63) is 44.3 Å². The first-order valence-electron chi connectivity index (χ1n) is 6.72. The molecule has 112 valence electrons. The molecule has 1 N–H and O–H groups in total. The highest BCUT2D eigenvalue weighted by Gasteiger charge is 2.15. The smallest absolute Gasteiger partial charge is 0.270 e. The summed E-state index contributed by atoms with van der Waals surface area (Å²) in [5.41, 5.74) is 1.74. The van der Waals surface area contributed by atoms with Gasteiger partial charge < -0.3 is 5.32 Å². The molecule has 0 saturated heterocycles. The van der Waals surface area contributed by atoms with Gasteiger partial charge in [0.1, 0.15) is 5.01 Å². The third kappa shape index (κ3) is 4.09. The first-order valence-corrected chi connectivity index (χ1v) is 7.54. The van der Waals surface area contributed by atoms with E-state index in [-0.39, 0.29) is 16.1 Å². The Morgan fingerprint density at radius 1 is 1.38 bits per heavy atom. The van der Waals surface area contributed by atoms with Crippen molar-refractivity contribution in [3.8, 4) is 11.3 Å². The van der Waals surface area contributed by atoms with Gasteiger partial charge in [0.15, 0.2) is 0 Å². The van der Waals surface area contributed by atoms with Gasteiger partial charge in [-0.2, -0.15) is 0 Å². The minimum atomic E-state index is -0.382. The highest BCUT2D eigenvalue weighted by atomic mass is 32.1. The van der Waals surface area contributed by atoms with Crippen LogP contribution in [0.2, 0.25) is 0 Å². The number of nitro benzene ring substituents is 1. The van der Waals surface area contributed by atoms with Crippen LogP contribution in [-0.2, 0) is 6.54 Å². The van der Waals surface area contributed by atoms with Gasteiger partial charge in [-0.1, -0.05) is 12.1 Å². The monoisotopic (exact) mass is 305 g/mol. The normalized spacial score (nSPS) is 11.6. The summed E-state index contributed by atoms with van der Waals surface area (Å²) in [6, 6.07) is 6.62. The Morgan fingerprint density at radius 3 is 2.71 bits per heavy atom. The molecule has 5 nitrogen and oxygen atoms in total. The molecule has 2 rings (SSSR count). The van der Waals surface area contributed by atoms with Crippen molar-refractivity contribution < 1.29 is 4.92 Å². The number of nitro groups is 1. The quantitative estimate of drug-likeness (QED) is 0.687. The fourth-order valence-electron chi connectivity index (χ4n) is 1.90. The lowest BCUT2D eigenvalue weighted by Crippen LogP contribution is -2.34. The molecule has 1 aromatic carbocycles. The number of benzene rings is 1. The SMILES string of the molecule is Cc1sc(CNC(C)(C)C)nc1-c1cccc([N+](=O)[O-])c1. The van der Waals surface area contributed by atoms with Crippen molar-refractivity contribution in [3.63, 3.8) is 0 Å². The van der Waals surface area contributed by atoms with Gasteiger partial charge in [-0.25, -0.2) is 4.98 Å². The van der Waals surface area contributed by atoms with Gasteiger partial charge in [-0.15, -0.1) is 11.3 Å². The molecular weight excluding hydrogens is 286 g/mol. The minimum absolute atomic E-state index is 0.0330. The third-order valence-corrected chi connectivity index (χ3v) is 3.91. The molecule has 0 aliphatic rings. The summed E-state index contributed by atoms with van der Waals surface area (Å²) in [6.07, 6.45) is 0. The molecule has 2 aromatic rings. The van der Waals surface area contributed by atoms with Crippen molar-refractivity contribution in [1.82, 2.24) is 10.3 Å². The summed E-state index contributed by atoms with van der Waals surface area (Å²) >= 11 is 1.62. The van der Waals surface area contributed by atoms with E-state index >= 15 is 0 Å². The van der Waals surface area contributed by atoms with E-state index in [2.05, 4.69) is 31.1 Å². The lowest BCUT2D eigenvalue weighted by molar-refractivity contribution is -0.384. The van der Waals surface area contributed by atoms with Crippen LogP contribution in [-0.4, -0.2) is 15.4 Å². The number of aromatic nitrogens is 1. The second-order valence-electron chi connectivity index (χ2n) is 5.92. The van der Waals surface area contributed by atoms with Gasteiger partial charge >= 0.3 is 0 Å². The first-order chi connectivity index (χ1) is 9.76. The van der Waals surface area contributed by atoms with Crippen LogP contribution in [0, 0.1) is 17.0 Å². The molecule has 21 heavy (non-hydrogen) atoms. The zero-order chi connectivity index (χ0) is 15.6. The molecule has 0 saturated carbocycles. The number of nitrogens with zero attached hydrogens (tertiary/aromatic N) is 2. The predicted octanol–water partition coefficient (Wildman–Crippen LogP) is 3.91. The van der Waals surface area contributed by atoms with Crippen molar-refractivity contribution in [2.24, 2.45) is 0 Å². The van der Waals surface area contributed by atoms with Gasteiger partial charge in [-0.05, 0) is 27.7 Å². The second-order valence-corrected chi connectivity index (χ2v) is 7.21. The Hall–Kier alpha value is -1.79. The fraction of sp³-hybridized carbons (Fsp3) is 0.400. The van der Waals surface area contributed by atoms with Crippen molar-refractivity contribution in [1.29, 1.82) is 0 Å². The maximum atomic E-state index is 10.9. The van der Waals surface area contributed by atoms with Gasteiger partial charge in [-0.3, -0.25) is 10.1 Å². The molecule has 0 spiro atoms. The molecule has 1 heterocycles. The van der Waals surface area contributed by atoms with Crippen molar-refractivity contribution in [2.75, 3.05) is 0 Å². The summed E-state index contributed by atoms with van der Waals surface area (Å²) in [4.78, 5) is 16.2. The van der Waals surface area contributed by atoms with E-state index < -0.39 is 0 Å². The van der Waals surface area contributed by atoms with Gasteiger partial charge in [0, 0.05) is 34.7 Å². The Kier molecular flexibility index (Phi) is 4.39. The van der Waals surface area contributed by atoms with E-state index in [1.54, 1.807) is 23.5 Å². The summed E-state index contributed by atoms with van der Waals surface area (Å²) in [5, 5.41) is 15.3. The van der Waals surface area contributed by atoms with E-state index in [9.17, 15) is 10.1 Å². The van der Waals surface area contributed by atoms with E-state index in [1.807, 2.05) is 13.0 Å². The number of aryl methyl sites for hydroxylation is 1. The predicted molar refractivity (Wildman–Crippen MR) is 85.5 cm³/mol. The molecule has 0 radical (unpaired) electrons. The largest absolute Gasteiger partial charge is 0.306 e. The van der Waals surface area contributed by atoms with Gasteiger partial charge in [0.25, 0.3) is 5.69 Å². The molecular formula is C15H19N3O2S. The van der Waals surface area contributed by atoms with Crippen LogP contribution in [0.25, 0.3) is 11.3 Å². The van der Waals surface area contributed by atoms with Crippen molar-refractivity contribution in [2.45, 2.75) is 39.8 Å². The van der Waals surface area contributed by atoms with Crippen LogP contribution in [0.4, 0.5) is 5.69 Å². The Bertz CT molecular complexity index is 659. The van der Waals surface area contributed by atoms with Crippen LogP contribution >= 0.6 is 11.3 Å². The molecule has 0 atom stereocenters. The average molecular weight is 305 g/mol. The average Bonchev–Trinajstić information content (AvgIpc) is 2.77. The van der Waals surface area contributed by atoms with Gasteiger partial charge in [0.2, 0.25) is 0 Å².